The Morgan fingerprint density at radius 3 is 1.89 bits per heavy atom. The lowest BCUT2D eigenvalue weighted by Crippen LogP contribution is -1.77. The first-order valence-electron chi connectivity index (χ1n) is 1.94. The van der Waals surface area contributed by atoms with E-state index in [1.54, 1.807) is 0 Å². The van der Waals surface area contributed by atoms with Gasteiger partial charge in [-0.3, -0.25) is 4.79 Å². The zero-order valence-electron chi connectivity index (χ0n) is 4.60. The number of hydrogen-bond donors (Lipinski definition) is 0. The van der Waals surface area contributed by atoms with E-state index in [0.29, 0.717) is 0 Å². The molecule has 56 valence electrons. The molecule has 0 aliphatic rings. The molecule has 0 aliphatic carbocycles. The van der Waals surface area contributed by atoms with Gasteiger partial charge in [-0.2, -0.15) is 4.39 Å². The van der Waals surface area contributed by atoms with Crippen LogP contribution in [0.3, 0.4) is 0 Å². The second-order valence-corrected chi connectivity index (χ2v) is 1.29. The van der Waals surface area contributed by atoms with Crippen LogP contribution in [0.15, 0.2) is 0 Å². The largest absolute Gasteiger partial charge is 0.746 e. The van der Waals surface area contributed by atoms with Gasteiger partial charge in [0.15, 0.2) is 0 Å². The third-order valence-corrected chi connectivity index (χ3v) is 0.278. The maximum Gasteiger partial charge on any atom is 0.301 e. The molecule has 0 saturated heterocycles. The van der Waals surface area contributed by atoms with Gasteiger partial charge in [-0.1, -0.05) is 6.92 Å². The van der Waals surface area contributed by atoms with E-state index in [-0.39, 0.29) is 6.42 Å². The van der Waals surface area contributed by atoms with Crippen molar-refractivity contribution in [1.29, 1.82) is 0 Å². The third kappa shape index (κ3) is 90.4. The van der Waals surface area contributed by atoms with Crippen molar-refractivity contribution in [2.45, 2.75) is 13.3 Å². The summed E-state index contributed by atoms with van der Waals surface area (Å²) < 4.78 is 37.4. The van der Waals surface area contributed by atoms with Crippen molar-refractivity contribution in [3.63, 3.8) is 0 Å². The molecule has 0 N–H and O–H groups in total. The Morgan fingerprint density at radius 2 is 1.89 bits per heavy atom. The van der Waals surface area contributed by atoms with E-state index in [1.807, 2.05) is 0 Å². The van der Waals surface area contributed by atoms with E-state index in [2.05, 4.69) is 0 Å². The molecule has 0 aromatic carbocycles. The fourth-order valence-corrected chi connectivity index (χ4v) is 0. The summed E-state index contributed by atoms with van der Waals surface area (Å²) in [6.07, 6.45) is 0. The molecule has 9 heavy (non-hydrogen) atoms. The quantitative estimate of drug-likeness (QED) is 0.416. The molecule has 0 bridgehead atoms. The van der Waals surface area contributed by atoms with Gasteiger partial charge in [0.1, 0.15) is 11.5 Å². The Kier molecular flexibility index (Phi) is 9.71. The maximum atomic E-state index is 10.8. The Morgan fingerprint density at radius 1 is 1.78 bits per heavy atom. The van der Waals surface area contributed by atoms with Crippen molar-refractivity contribution >= 4 is 17.5 Å². The van der Waals surface area contributed by atoms with Crippen LogP contribution in [-0.4, -0.2) is 14.8 Å². The normalized spacial score (nSPS) is 11.1. The second kappa shape index (κ2) is 7.64. The molecular formula is C3H5F2O3S-. The molecule has 0 aliphatic heterocycles. The van der Waals surface area contributed by atoms with Gasteiger partial charge < -0.3 is 4.55 Å². The molecule has 0 aromatic heterocycles. The fraction of sp³-hybridized carbons (Fsp3) is 0.667. The number of hydrogen-bond acceptors (Lipinski definition) is 3. The van der Waals surface area contributed by atoms with Crippen LogP contribution in [0, 0.1) is 0 Å². The van der Waals surface area contributed by atoms with Crippen molar-refractivity contribution in [3.05, 3.63) is 0 Å². The third-order valence-electron chi connectivity index (χ3n) is 0.278. The molecule has 1 atom stereocenters. The number of carbonyl (C=O) groups is 1. The van der Waals surface area contributed by atoms with Crippen molar-refractivity contribution < 1.29 is 21.8 Å². The smallest absolute Gasteiger partial charge is 0.301 e. The zero-order valence-corrected chi connectivity index (χ0v) is 5.41. The minimum Gasteiger partial charge on any atom is -0.746 e. The summed E-state index contributed by atoms with van der Waals surface area (Å²) >= 11 is -3.36. The molecule has 0 aromatic rings. The predicted molar refractivity (Wildman–Crippen MR) is 26.4 cm³/mol. The summed E-state index contributed by atoms with van der Waals surface area (Å²) in [7, 11) is 0. The summed E-state index contributed by atoms with van der Waals surface area (Å²) in [6, 6.07) is -1.25. The monoisotopic (exact) mass is 159 g/mol. The lowest BCUT2D eigenvalue weighted by Gasteiger charge is -1.78. The fourth-order valence-electron chi connectivity index (χ4n) is 0. The second-order valence-electron chi connectivity index (χ2n) is 0.903. The van der Waals surface area contributed by atoms with Gasteiger partial charge in [0, 0.05) is 6.42 Å². The van der Waals surface area contributed by atoms with Crippen LogP contribution in [0.2, 0.25) is 0 Å². The average molecular weight is 159 g/mol. The highest BCUT2D eigenvalue weighted by molar-refractivity contribution is 7.73. The van der Waals surface area contributed by atoms with Gasteiger partial charge in [0.05, 0.1) is 0 Å². The standard InChI is InChI=1S/C3H5FO.FHO2S/c1-2-3(4)5;1-4(2)3/h2H2,1H3;(H,2,3)/p-1. The molecule has 0 heterocycles. The highest BCUT2D eigenvalue weighted by atomic mass is 32.2. The van der Waals surface area contributed by atoms with Gasteiger partial charge in [0.25, 0.3) is 0 Å². The molecule has 0 amide bonds. The summed E-state index contributed by atoms with van der Waals surface area (Å²) in [5, 5.41) is 0. The minimum absolute atomic E-state index is 0. The van der Waals surface area contributed by atoms with E-state index in [1.165, 1.54) is 6.92 Å². The van der Waals surface area contributed by atoms with Crippen LogP contribution in [0.4, 0.5) is 8.28 Å². The molecule has 3 nitrogen and oxygen atoms in total. The first-order valence-corrected chi connectivity index (χ1v) is 2.92. The predicted octanol–water partition coefficient (Wildman–Crippen LogP) is 0.643. The molecule has 0 fully saturated rings. The van der Waals surface area contributed by atoms with Gasteiger partial charge in [-0.05, 0) is 0 Å². The van der Waals surface area contributed by atoms with Crippen molar-refractivity contribution in [2.24, 2.45) is 0 Å². The number of carbonyl (C=O) groups excluding carboxylic acids is 1. The van der Waals surface area contributed by atoms with E-state index in [0.717, 1.165) is 0 Å². The molecule has 1 unspecified atom stereocenters. The molecule has 6 heteroatoms. The summed E-state index contributed by atoms with van der Waals surface area (Å²) in [5.74, 6) is 0. The number of rotatable bonds is 1. The van der Waals surface area contributed by atoms with Crippen LogP contribution < -0.4 is 0 Å². The van der Waals surface area contributed by atoms with Crippen LogP contribution in [-0.2, 0) is 16.3 Å². The van der Waals surface area contributed by atoms with Crippen LogP contribution in [0.1, 0.15) is 13.3 Å². The van der Waals surface area contributed by atoms with E-state index >= 15 is 0 Å². The van der Waals surface area contributed by atoms with Crippen molar-refractivity contribution in [2.75, 3.05) is 0 Å². The van der Waals surface area contributed by atoms with Crippen molar-refractivity contribution in [1.82, 2.24) is 0 Å². The van der Waals surface area contributed by atoms with E-state index in [9.17, 15) is 8.28 Å². The molecular weight excluding hydrogens is 154 g/mol. The highest BCUT2D eigenvalue weighted by Crippen LogP contribution is 1.75. The SMILES string of the molecule is CCC(=O)F.O=S([O-])F. The first-order chi connectivity index (χ1) is 4.00. The Hall–Kier alpha value is -0.360. The summed E-state index contributed by atoms with van der Waals surface area (Å²) in [4.78, 5) is 9.15. The van der Waals surface area contributed by atoms with Crippen LogP contribution in [0.5, 0.6) is 0 Å². The van der Waals surface area contributed by atoms with Gasteiger partial charge in [-0.15, -0.1) is 3.89 Å². The topological polar surface area (TPSA) is 57.2 Å². The van der Waals surface area contributed by atoms with Crippen LogP contribution >= 0.6 is 0 Å². The Bertz CT molecular complexity index is 101. The molecule has 0 spiro atoms. The summed E-state index contributed by atoms with van der Waals surface area (Å²) in [6.45, 7) is 1.47. The molecule has 0 radical (unpaired) electrons. The lowest BCUT2D eigenvalue weighted by molar-refractivity contribution is -0.128. The molecule has 0 saturated carbocycles. The van der Waals surface area contributed by atoms with E-state index < -0.39 is 17.5 Å². The summed E-state index contributed by atoms with van der Waals surface area (Å²) in [5.41, 5.74) is 0. The Labute approximate surface area is 53.6 Å². The lowest BCUT2D eigenvalue weighted by atomic mass is 10.5. The van der Waals surface area contributed by atoms with Crippen molar-refractivity contribution in [3.8, 4) is 0 Å². The van der Waals surface area contributed by atoms with Gasteiger partial charge in [-0.25, -0.2) is 4.21 Å². The molecule has 0 rings (SSSR count). The minimum atomic E-state index is -3.36. The van der Waals surface area contributed by atoms with E-state index in [4.69, 9.17) is 13.6 Å². The van der Waals surface area contributed by atoms with Crippen LogP contribution in [0.25, 0.3) is 0 Å². The average Bonchev–Trinajstić information content (AvgIpc) is 1.65. The highest BCUT2D eigenvalue weighted by Gasteiger charge is 1.83. The Balaban J connectivity index is 0. The zero-order chi connectivity index (χ0) is 7.86. The first kappa shape index (κ1) is 11.4. The van der Waals surface area contributed by atoms with Gasteiger partial charge >= 0.3 is 6.04 Å². The van der Waals surface area contributed by atoms with Gasteiger partial charge in [0.2, 0.25) is 0 Å². The maximum absolute atomic E-state index is 10.8. The number of halogens is 2.